The average molecular weight is 331 g/mol. The van der Waals surface area contributed by atoms with Gasteiger partial charge in [0.25, 0.3) is 0 Å². The number of para-hydroxylation sites is 1. The molecule has 1 unspecified atom stereocenters. The number of carbonyl (C=O) groups excluding carboxylic acids is 1. The first-order valence-corrected chi connectivity index (χ1v) is 9.45. The molecule has 2 heterocycles. The van der Waals surface area contributed by atoms with Crippen molar-refractivity contribution >= 4 is 27.5 Å². The Bertz CT molecular complexity index is 601. The zero-order valence-electron chi connectivity index (χ0n) is 13.5. The molecule has 1 saturated heterocycles. The lowest BCUT2D eigenvalue weighted by molar-refractivity contribution is -0.121. The Hall–Kier alpha value is -1.46. The zero-order valence-corrected chi connectivity index (χ0v) is 14.3. The highest BCUT2D eigenvalue weighted by atomic mass is 32.1. The van der Waals surface area contributed by atoms with Crippen LogP contribution < -0.4 is 10.6 Å². The number of carbonyl (C=O) groups is 1. The Balaban J connectivity index is 1.29. The summed E-state index contributed by atoms with van der Waals surface area (Å²) < 4.78 is 1.25. The highest BCUT2D eigenvalue weighted by Crippen LogP contribution is 2.22. The van der Waals surface area contributed by atoms with Crippen molar-refractivity contribution in [3.63, 3.8) is 0 Å². The molecule has 0 saturated carbocycles. The van der Waals surface area contributed by atoms with Crippen LogP contribution in [-0.4, -0.2) is 30.5 Å². The van der Waals surface area contributed by atoms with Gasteiger partial charge in [-0.15, -0.1) is 11.3 Å². The molecule has 124 valence electrons. The SMILES string of the molecule is O=C(CCCCc1nc2ccccc2s1)NCCC1CCNC1. The Kier molecular flexibility index (Phi) is 6.00. The Morgan fingerprint density at radius 3 is 3.09 bits per heavy atom. The van der Waals surface area contributed by atoms with Crippen LogP contribution in [0.5, 0.6) is 0 Å². The maximum atomic E-state index is 11.8. The number of nitrogens with zero attached hydrogens (tertiary/aromatic N) is 1. The largest absolute Gasteiger partial charge is 0.356 e. The lowest BCUT2D eigenvalue weighted by atomic mass is 10.1. The first kappa shape index (κ1) is 16.4. The zero-order chi connectivity index (χ0) is 15.9. The third kappa shape index (κ3) is 5.01. The van der Waals surface area contributed by atoms with Gasteiger partial charge in [-0.3, -0.25) is 4.79 Å². The van der Waals surface area contributed by atoms with Crippen LogP contribution in [0.2, 0.25) is 0 Å². The van der Waals surface area contributed by atoms with Crippen molar-refractivity contribution in [3.8, 4) is 0 Å². The van der Waals surface area contributed by atoms with E-state index in [1.165, 1.54) is 16.1 Å². The fourth-order valence-corrected chi connectivity index (χ4v) is 4.06. The summed E-state index contributed by atoms with van der Waals surface area (Å²) >= 11 is 1.77. The van der Waals surface area contributed by atoms with Crippen LogP contribution in [0.1, 0.15) is 37.1 Å². The van der Waals surface area contributed by atoms with Gasteiger partial charge >= 0.3 is 0 Å². The van der Waals surface area contributed by atoms with Gasteiger partial charge in [0.15, 0.2) is 0 Å². The number of unbranched alkanes of at least 4 members (excludes halogenated alkanes) is 1. The highest BCUT2D eigenvalue weighted by molar-refractivity contribution is 7.18. The lowest BCUT2D eigenvalue weighted by Gasteiger charge is -2.09. The maximum Gasteiger partial charge on any atom is 0.219 e. The maximum absolute atomic E-state index is 11.8. The number of hydrogen-bond acceptors (Lipinski definition) is 4. The van der Waals surface area contributed by atoms with E-state index in [0.29, 0.717) is 6.42 Å². The molecule has 0 bridgehead atoms. The second kappa shape index (κ2) is 8.41. The van der Waals surface area contributed by atoms with Gasteiger partial charge < -0.3 is 10.6 Å². The minimum atomic E-state index is 0.195. The standard InChI is InChI=1S/C18H25N3OS/c22-17(20-12-10-14-9-11-19-13-14)7-3-4-8-18-21-15-5-1-2-6-16(15)23-18/h1-2,5-6,14,19H,3-4,7-13H2,(H,20,22). The second-order valence-electron chi connectivity index (χ2n) is 6.28. The molecule has 0 radical (unpaired) electrons. The van der Waals surface area contributed by atoms with Crippen LogP contribution in [0.15, 0.2) is 24.3 Å². The summed E-state index contributed by atoms with van der Waals surface area (Å²) in [5.41, 5.74) is 1.09. The first-order chi connectivity index (χ1) is 11.3. The van der Waals surface area contributed by atoms with Crippen LogP contribution in [0, 0.1) is 5.92 Å². The Labute approximate surface area is 141 Å². The van der Waals surface area contributed by atoms with Gasteiger partial charge in [0.1, 0.15) is 0 Å². The second-order valence-corrected chi connectivity index (χ2v) is 7.40. The van der Waals surface area contributed by atoms with E-state index in [2.05, 4.69) is 33.8 Å². The van der Waals surface area contributed by atoms with E-state index in [-0.39, 0.29) is 5.91 Å². The summed E-state index contributed by atoms with van der Waals surface area (Å²) in [5, 5.41) is 7.59. The van der Waals surface area contributed by atoms with Crippen molar-refractivity contribution in [3.05, 3.63) is 29.3 Å². The van der Waals surface area contributed by atoms with Crippen molar-refractivity contribution in [1.82, 2.24) is 15.6 Å². The van der Waals surface area contributed by atoms with Gasteiger partial charge in [0.05, 0.1) is 15.2 Å². The normalized spacial score (nSPS) is 17.7. The van der Waals surface area contributed by atoms with E-state index in [4.69, 9.17) is 0 Å². The smallest absolute Gasteiger partial charge is 0.219 e. The number of amides is 1. The van der Waals surface area contributed by atoms with E-state index >= 15 is 0 Å². The number of aryl methyl sites for hydroxylation is 1. The summed E-state index contributed by atoms with van der Waals surface area (Å²) in [5.74, 6) is 0.939. The number of benzene rings is 1. The molecular formula is C18H25N3OS. The fraction of sp³-hybridized carbons (Fsp3) is 0.556. The molecule has 2 aromatic rings. The minimum absolute atomic E-state index is 0.195. The molecule has 0 spiro atoms. The number of hydrogen-bond donors (Lipinski definition) is 2. The summed E-state index contributed by atoms with van der Waals surface area (Å²) in [6.45, 7) is 3.06. The van der Waals surface area contributed by atoms with Crippen molar-refractivity contribution < 1.29 is 4.79 Å². The summed E-state index contributed by atoms with van der Waals surface area (Å²) in [4.78, 5) is 16.5. The average Bonchev–Trinajstić information content (AvgIpc) is 3.20. The Morgan fingerprint density at radius 2 is 2.26 bits per heavy atom. The Morgan fingerprint density at radius 1 is 1.35 bits per heavy atom. The van der Waals surface area contributed by atoms with Crippen LogP contribution >= 0.6 is 11.3 Å². The molecule has 1 amide bonds. The molecule has 1 fully saturated rings. The molecule has 2 N–H and O–H groups in total. The van der Waals surface area contributed by atoms with Crippen molar-refractivity contribution in [2.24, 2.45) is 5.92 Å². The summed E-state index contributed by atoms with van der Waals surface area (Å²) in [7, 11) is 0. The monoisotopic (exact) mass is 331 g/mol. The third-order valence-corrected chi connectivity index (χ3v) is 5.52. The lowest BCUT2D eigenvalue weighted by Crippen LogP contribution is -2.26. The molecule has 4 nitrogen and oxygen atoms in total. The molecule has 0 aliphatic carbocycles. The topological polar surface area (TPSA) is 54.0 Å². The number of fused-ring (bicyclic) bond motifs is 1. The van der Waals surface area contributed by atoms with E-state index < -0.39 is 0 Å². The van der Waals surface area contributed by atoms with Crippen LogP contribution in [0.4, 0.5) is 0 Å². The van der Waals surface area contributed by atoms with Gasteiger partial charge in [-0.05, 0) is 63.2 Å². The molecule has 5 heteroatoms. The third-order valence-electron chi connectivity index (χ3n) is 4.42. The van der Waals surface area contributed by atoms with Gasteiger partial charge in [-0.2, -0.15) is 0 Å². The van der Waals surface area contributed by atoms with Gasteiger partial charge in [0.2, 0.25) is 5.91 Å². The van der Waals surface area contributed by atoms with Gasteiger partial charge in [-0.25, -0.2) is 4.98 Å². The molecule has 1 atom stereocenters. The van der Waals surface area contributed by atoms with E-state index in [0.717, 1.165) is 56.8 Å². The van der Waals surface area contributed by atoms with Crippen molar-refractivity contribution in [1.29, 1.82) is 0 Å². The number of aromatic nitrogens is 1. The van der Waals surface area contributed by atoms with Crippen molar-refractivity contribution in [2.45, 2.75) is 38.5 Å². The summed E-state index contributed by atoms with van der Waals surface area (Å²) in [6.07, 6.45) is 5.92. The molecule has 1 aliphatic heterocycles. The number of rotatable bonds is 8. The van der Waals surface area contributed by atoms with Crippen LogP contribution in [0.3, 0.4) is 0 Å². The number of thiazole rings is 1. The molecule has 1 aromatic heterocycles. The van der Waals surface area contributed by atoms with E-state index in [1.807, 2.05) is 6.07 Å². The van der Waals surface area contributed by atoms with Gasteiger partial charge in [-0.1, -0.05) is 12.1 Å². The molecule has 1 aromatic carbocycles. The fourth-order valence-electron chi connectivity index (χ4n) is 3.05. The first-order valence-electron chi connectivity index (χ1n) is 8.63. The number of nitrogens with one attached hydrogen (secondary N) is 2. The highest BCUT2D eigenvalue weighted by Gasteiger charge is 2.14. The van der Waals surface area contributed by atoms with Gasteiger partial charge in [0, 0.05) is 13.0 Å². The predicted molar refractivity (Wildman–Crippen MR) is 95.8 cm³/mol. The van der Waals surface area contributed by atoms with Crippen molar-refractivity contribution in [2.75, 3.05) is 19.6 Å². The summed E-state index contributed by atoms with van der Waals surface area (Å²) in [6, 6.07) is 8.25. The molecular weight excluding hydrogens is 306 g/mol. The van der Waals surface area contributed by atoms with Crippen LogP contribution in [-0.2, 0) is 11.2 Å². The quantitative estimate of drug-likeness (QED) is 0.731. The molecule has 3 rings (SSSR count). The molecule has 1 aliphatic rings. The van der Waals surface area contributed by atoms with Crippen LogP contribution in [0.25, 0.3) is 10.2 Å². The van der Waals surface area contributed by atoms with E-state index in [1.54, 1.807) is 11.3 Å². The molecule has 23 heavy (non-hydrogen) atoms. The minimum Gasteiger partial charge on any atom is -0.356 e. The predicted octanol–water partition coefficient (Wildman–Crippen LogP) is 3.12. The van der Waals surface area contributed by atoms with E-state index in [9.17, 15) is 4.79 Å².